The molecule has 112 valence electrons. The van der Waals surface area contributed by atoms with Crippen molar-refractivity contribution >= 4 is 22.8 Å². The molecule has 8 heteroatoms. The van der Waals surface area contributed by atoms with Gasteiger partial charge >= 0.3 is 0 Å². The third kappa shape index (κ3) is 2.66. The molecule has 3 rings (SSSR count). The van der Waals surface area contributed by atoms with Gasteiger partial charge in [-0.3, -0.25) is 4.79 Å². The summed E-state index contributed by atoms with van der Waals surface area (Å²) in [4.78, 5) is 22.7. The van der Waals surface area contributed by atoms with Gasteiger partial charge in [0.05, 0.1) is 6.61 Å². The summed E-state index contributed by atoms with van der Waals surface area (Å²) in [5, 5.41) is 7.16. The Hall–Kier alpha value is -2.22. The molecule has 0 aromatic carbocycles. The van der Waals surface area contributed by atoms with Crippen LogP contribution >= 0.6 is 0 Å². The number of anilines is 1. The highest BCUT2D eigenvalue weighted by Crippen LogP contribution is 2.28. The number of hydrogen-bond donors (Lipinski definition) is 1. The zero-order valence-corrected chi connectivity index (χ0v) is 11.8. The molecule has 2 aromatic rings. The van der Waals surface area contributed by atoms with Gasteiger partial charge in [-0.25, -0.2) is 4.98 Å². The summed E-state index contributed by atoms with van der Waals surface area (Å²) in [7, 11) is 1.58. The summed E-state index contributed by atoms with van der Waals surface area (Å²) in [6.45, 7) is 2.69. The Morgan fingerprint density at radius 3 is 3.00 bits per heavy atom. The summed E-state index contributed by atoms with van der Waals surface area (Å²) >= 11 is 0. The number of hydrogen-bond acceptors (Lipinski definition) is 7. The van der Waals surface area contributed by atoms with Crippen molar-refractivity contribution in [2.45, 2.75) is 12.8 Å². The van der Waals surface area contributed by atoms with Crippen LogP contribution in [0.2, 0.25) is 0 Å². The maximum Gasteiger partial charge on any atom is 0.274 e. The summed E-state index contributed by atoms with van der Waals surface area (Å²) < 4.78 is 10.1. The van der Waals surface area contributed by atoms with Crippen LogP contribution in [0, 0.1) is 0 Å². The highest BCUT2D eigenvalue weighted by molar-refractivity contribution is 6.07. The van der Waals surface area contributed by atoms with Crippen molar-refractivity contribution in [1.29, 1.82) is 0 Å². The van der Waals surface area contributed by atoms with Gasteiger partial charge in [-0.1, -0.05) is 5.16 Å². The van der Waals surface area contributed by atoms with E-state index in [1.54, 1.807) is 7.11 Å². The van der Waals surface area contributed by atoms with Gasteiger partial charge < -0.3 is 19.5 Å². The van der Waals surface area contributed by atoms with Crippen LogP contribution in [0.15, 0.2) is 10.9 Å². The number of nitrogens with zero attached hydrogens (tertiary/aromatic N) is 4. The number of methoxy groups -OCH3 is 1. The van der Waals surface area contributed by atoms with E-state index in [-0.39, 0.29) is 11.6 Å². The normalized spacial score (nSPS) is 14.8. The van der Waals surface area contributed by atoms with Crippen LogP contribution < -0.4 is 10.2 Å². The van der Waals surface area contributed by atoms with E-state index in [0.717, 1.165) is 31.7 Å². The molecular weight excluding hydrogens is 274 g/mol. The van der Waals surface area contributed by atoms with Gasteiger partial charge in [-0.05, 0) is 12.8 Å². The van der Waals surface area contributed by atoms with Crippen LogP contribution in [0.25, 0.3) is 11.1 Å². The molecule has 1 saturated heterocycles. The number of aromatic nitrogens is 3. The predicted molar refractivity (Wildman–Crippen MR) is 75.3 cm³/mol. The van der Waals surface area contributed by atoms with Gasteiger partial charge in [0.15, 0.2) is 5.69 Å². The van der Waals surface area contributed by atoms with Crippen LogP contribution in [-0.2, 0) is 4.74 Å². The summed E-state index contributed by atoms with van der Waals surface area (Å²) in [6, 6.07) is 0. The van der Waals surface area contributed by atoms with Crippen LogP contribution in [0.1, 0.15) is 23.3 Å². The highest BCUT2D eigenvalue weighted by atomic mass is 16.5. The first-order chi connectivity index (χ1) is 10.3. The van der Waals surface area contributed by atoms with Gasteiger partial charge in [0.2, 0.25) is 0 Å². The number of amides is 1. The largest absolute Gasteiger partial charge is 0.383 e. The Kier molecular flexibility index (Phi) is 3.96. The molecule has 0 aliphatic carbocycles. The van der Waals surface area contributed by atoms with Gasteiger partial charge in [-0.2, -0.15) is 4.98 Å². The molecule has 1 N–H and O–H groups in total. The monoisotopic (exact) mass is 291 g/mol. The molecule has 1 aliphatic heterocycles. The molecule has 0 unspecified atom stereocenters. The lowest BCUT2D eigenvalue weighted by atomic mass is 10.2. The standard InChI is InChI=1S/C13H17N5O3/c1-20-7-4-14-12(19)10-9-11(18-5-2-3-6-18)15-8-16-13(9)21-17-10/h8H,2-7H2,1H3,(H,14,19). The molecule has 0 spiro atoms. The molecule has 0 atom stereocenters. The molecule has 0 radical (unpaired) electrons. The lowest BCUT2D eigenvalue weighted by molar-refractivity contribution is 0.0929. The van der Waals surface area contributed by atoms with Crippen LogP contribution in [0.3, 0.4) is 0 Å². The molecule has 1 amide bonds. The Balaban J connectivity index is 1.93. The minimum Gasteiger partial charge on any atom is -0.383 e. The average Bonchev–Trinajstić information content (AvgIpc) is 3.16. The number of fused-ring (bicyclic) bond motifs is 1. The predicted octanol–water partition coefficient (Wildman–Crippen LogP) is 0.594. The molecular formula is C13H17N5O3. The number of ether oxygens (including phenoxy) is 1. The second-order valence-corrected chi connectivity index (χ2v) is 4.85. The number of carbonyl (C=O) groups excluding carboxylic acids is 1. The van der Waals surface area contributed by atoms with Gasteiger partial charge in [-0.15, -0.1) is 0 Å². The Morgan fingerprint density at radius 1 is 1.43 bits per heavy atom. The fourth-order valence-corrected chi connectivity index (χ4v) is 2.45. The molecule has 3 heterocycles. The fraction of sp³-hybridized carbons (Fsp3) is 0.538. The molecule has 0 saturated carbocycles. The van der Waals surface area contributed by atoms with E-state index in [1.165, 1.54) is 6.33 Å². The van der Waals surface area contributed by atoms with Crippen molar-refractivity contribution in [2.75, 3.05) is 38.3 Å². The Morgan fingerprint density at radius 2 is 2.24 bits per heavy atom. The van der Waals surface area contributed by atoms with E-state index in [4.69, 9.17) is 9.26 Å². The number of nitrogens with one attached hydrogen (secondary N) is 1. The third-order valence-corrected chi connectivity index (χ3v) is 3.47. The quantitative estimate of drug-likeness (QED) is 0.806. The summed E-state index contributed by atoms with van der Waals surface area (Å²) in [6.07, 6.45) is 3.67. The first kappa shape index (κ1) is 13.7. The van der Waals surface area contributed by atoms with E-state index in [9.17, 15) is 4.79 Å². The topological polar surface area (TPSA) is 93.4 Å². The minimum atomic E-state index is -0.305. The second-order valence-electron chi connectivity index (χ2n) is 4.85. The van der Waals surface area contributed by atoms with Crippen LogP contribution in [0.5, 0.6) is 0 Å². The lowest BCUT2D eigenvalue weighted by Crippen LogP contribution is -2.28. The van der Waals surface area contributed by atoms with E-state index in [0.29, 0.717) is 24.3 Å². The van der Waals surface area contributed by atoms with Crippen molar-refractivity contribution in [2.24, 2.45) is 0 Å². The highest BCUT2D eigenvalue weighted by Gasteiger charge is 2.25. The Labute approximate surface area is 121 Å². The molecule has 1 fully saturated rings. The van der Waals surface area contributed by atoms with Gasteiger partial charge in [0.1, 0.15) is 17.5 Å². The number of carbonyl (C=O) groups is 1. The third-order valence-electron chi connectivity index (χ3n) is 3.47. The maximum atomic E-state index is 12.2. The first-order valence-electron chi connectivity index (χ1n) is 6.93. The smallest absolute Gasteiger partial charge is 0.274 e. The van der Waals surface area contributed by atoms with Crippen molar-refractivity contribution in [1.82, 2.24) is 20.4 Å². The van der Waals surface area contributed by atoms with E-state index >= 15 is 0 Å². The molecule has 8 nitrogen and oxygen atoms in total. The summed E-state index contributed by atoms with van der Waals surface area (Å²) in [5.41, 5.74) is 0.562. The molecule has 2 aromatic heterocycles. The molecule has 21 heavy (non-hydrogen) atoms. The Bertz CT molecular complexity index is 636. The van der Waals surface area contributed by atoms with E-state index in [1.807, 2.05) is 0 Å². The first-order valence-corrected chi connectivity index (χ1v) is 6.93. The minimum absolute atomic E-state index is 0.226. The second kappa shape index (κ2) is 6.04. The van der Waals surface area contributed by atoms with Crippen molar-refractivity contribution in [3.8, 4) is 0 Å². The SMILES string of the molecule is COCCNC(=O)c1noc2ncnc(N3CCCC3)c12. The molecule has 1 aliphatic rings. The van der Waals surface area contributed by atoms with Crippen molar-refractivity contribution in [3.05, 3.63) is 12.0 Å². The average molecular weight is 291 g/mol. The van der Waals surface area contributed by atoms with Crippen molar-refractivity contribution < 1.29 is 14.1 Å². The fourth-order valence-electron chi connectivity index (χ4n) is 2.45. The van der Waals surface area contributed by atoms with E-state index < -0.39 is 0 Å². The zero-order valence-electron chi connectivity index (χ0n) is 11.8. The van der Waals surface area contributed by atoms with Gasteiger partial charge in [0, 0.05) is 26.7 Å². The van der Waals surface area contributed by atoms with Crippen LogP contribution in [0.4, 0.5) is 5.82 Å². The summed E-state index contributed by atoms with van der Waals surface area (Å²) in [5.74, 6) is 0.414. The van der Waals surface area contributed by atoms with E-state index in [2.05, 4.69) is 25.3 Å². The maximum absolute atomic E-state index is 12.2. The molecule has 0 bridgehead atoms. The van der Waals surface area contributed by atoms with Gasteiger partial charge in [0.25, 0.3) is 11.6 Å². The number of rotatable bonds is 5. The van der Waals surface area contributed by atoms with Crippen LogP contribution in [-0.4, -0.2) is 54.4 Å². The van der Waals surface area contributed by atoms with Crippen molar-refractivity contribution in [3.63, 3.8) is 0 Å². The lowest BCUT2D eigenvalue weighted by Gasteiger charge is -2.16. The zero-order chi connectivity index (χ0) is 14.7.